The van der Waals surface area contributed by atoms with Gasteiger partial charge in [0.05, 0.1) is 6.10 Å². The first-order valence-electron chi connectivity index (χ1n) is 4.26. The van der Waals surface area contributed by atoms with Crippen molar-refractivity contribution in [3.05, 3.63) is 35.9 Å². The van der Waals surface area contributed by atoms with E-state index in [1.54, 1.807) is 24.3 Å². The van der Waals surface area contributed by atoms with Crippen LogP contribution in [0, 0.1) is 0 Å². The van der Waals surface area contributed by atoms with Crippen molar-refractivity contribution in [2.45, 2.75) is 25.8 Å². The Labute approximate surface area is 80.5 Å². The van der Waals surface area contributed by atoms with Crippen LogP contribution in [-0.4, -0.2) is 12.5 Å². The monoisotopic (exact) mass is 204 g/mol. The topological polar surface area (TPSA) is 9.23 Å². The molecule has 0 aromatic heterocycles. The van der Waals surface area contributed by atoms with Crippen LogP contribution in [0.15, 0.2) is 30.3 Å². The Hall–Kier alpha value is -1.03. The van der Waals surface area contributed by atoms with E-state index in [-0.39, 0.29) is 6.42 Å². The molecule has 0 bridgehead atoms. The van der Waals surface area contributed by atoms with Gasteiger partial charge in [0.2, 0.25) is 0 Å². The molecule has 0 N–H and O–H groups in total. The first-order valence-corrected chi connectivity index (χ1v) is 4.26. The summed E-state index contributed by atoms with van der Waals surface area (Å²) in [6.07, 6.45) is -5.13. The predicted octanol–water partition coefficient (Wildman–Crippen LogP) is 3.15. The van der Waals surface area contributed by atoms with Crippen LogP contribution in [0.4, 0.5) is 13.2 Å². The Morgan fingerprint density at radius 1 is 1.21 bits per heavy atom. The summed E-state index contributed by atoms with van der Waals surface area (Å²) in [5.74, 6) is 0. The second-order valence-electron chi connectivity index (χ2n) is 3.06. The van der Waals surface area contributed by atoms with Crippen LogP contribution >= 0.6 is 0 Å². The molecule has 1 atom stereocenters. The van der Waals surface area contributed by atoms with Gasteiger partial charge in [-0.1, -0.05) is 30.3 Å². The van der Waals surface area contributed by atoms with Gasteiger partial charge in [0, 0.05) is 0 Å². The van der Waals surface area contributed by atoms with E-state index >= 15 is 0 Å². The summed E-state index contributed by atoms with van der Waals surface area (Å²) in [5, 5.41) is 0. The summed E-state index contributed by atoms with van der Waals surface area (Å²) >= 11 is 0. The molecule has 4 heteroatoms. The molecule has 0 aliphatic carbocycles. The van der Waals surface area contributed by atoms with Crippen molar-refractivity contribution in [3.8, 4) is 0 Å². The van der Waals surface area contributed by atoms with Crippen LogP contribution in [0.25, 0.3) is 0 Å². The molecule has 0 radical (unpaired) electrons. The minimum absolute atomic E-state index is 0.264. The van der Waals surface area contributed by atoms with Gasteiger partial charge in [-0.25, -0.2) is 0 Å². The van der Waals surface area contributed by atoms with E-state index in [4.69, 9.17) is 0 Å². The largest absolute Gasteiger partial charge is 0.522 e. The smallest absolute Gasteiger partial charge is 0.289 e. The van der Waals surface area contributed by atoms with Crippen LogP contribution < -0.4 is 0 Å². The van der Waals surface area contributed by atoms with E-state index in [2.05, 4.69) is 4.74 Å². The Morgan fingerprint density at radius 2 is 1.79 bits per heavy atom. The third-order valence-corrected chi connectivity index (χ3v) is 1.70. The average molecular weight is 204 g/mol. The zero-order valence-electron chi connectivity index (χ0n) is 7.71. The molecule has 0 aliphatic heterocycles. The summed E-state index contributed by atoms with van der Waals surface area (Å²) in [6.45, 7) is 1.40. The molecule has 0 saturated carbocycles. The molecule has 0 amide bonds. The second-order valence-corrected chi connectivity index (χ2v) is 3.06. The fraction of sp³-hybridized carbons (Fsp3) is 0.400. The highest BCUT2D eigenvalue weighted by Crippen LogP contribution is 2.20. The molecule has 1 rings (SSSR count). The molecule has 1 nitrogen and oxygen atoms in total. The number of hydrogen-bond acceptors (Lipinski definition) is 1. The molecule has 1 aromatic rings. The Morgan fingerprint density at radius 3 is 2.29 bits per heavy atom. The normalized spacial score (nSPS) is 14.0. The van der Waals surface area contributed by atoms with E-state index < -0.39 is 12.5 Å². The van der Waals surface area contributed by atoms with Crippen molar-refractivity contribution in [1.29, 1.82) is 0 Å². The molecular formula is C10H11F3O. The van der Waals surface area contributed by atoms with E-state index in [1.807, 2.05) is 6.07 Å². The molecule has 0 spiro atoms. The fourth-order valence-electron chi connectivity index (χ4n) is 1.22. The maximum absolute atomic E-state index is 11.8. The van der Waals surface area contributed by atoms with Gasteiger partial charge < -0.3 is 0 Å². The van der Waals surface area contributed by atoms with Crippen molar-refractivity contribution in [2.75, 3.05) is 0 Å². The highest BCUT2D eigenvalue weighted by atomic mass is 19.4. The third kappa shape index (κ3) is 4.28. The Kier molecular flexibility index (Phi) is 3.52. The van der Waals surface area contributed by atoms with Gasteiger partial charge in [0.1, 0.15) is 0 Å². The highest BCUT2D eigenvalue weighted by molar-refractivity contribution is 5.15. The number of benzene rings is 1. The lowest BCUT2D eigenvalue weighted by Gasteiger charge is -2.14. The number of alkyl halides is 3. The van der Waals surface area contributed by atoms with Crippen molar-refractivity contribution in [2.24, 2.45) is 0 Å². The zero-order chi connectivity index (χ0) is 10.6. The minimum Gasteiger partial charge on any atom is -0.289 e. The summed E-state index contributed by atoms with van der Waals surface area (Å²) in [5.41, 5.74) is 0.837. The molecule has 1 unspecified atom stereocenters. The van der Waals surface area contributed by atoms with Gasteiger partial charge >= 0.3 is 6.36 Å². The van der Waals surface area contributed by atoms with Crippen LogP contribution in [0.1, 0.15) is 12.5 Å². The minimum atomic E-state index is -4.55. The molecule has 0 aliphatic rings. The average Bonchev–Trinajstić information content (AvgIpc) is 2.02. The SMILES string of the molecule is CC(Cc1ccccc1)OC(F)(F)F. The van der Waals surface area contributed by atoms with Gasteiger partial charge in [0.15, 0.2) is 0 Å². The zero-order valence-corrected chi connectivity index (χ0v) is 7.71. The molecule has 0 fully saturated rings. The standard InChI is InChI=1S/C10H11F3O/c1-8(14-10(11,12)13)7-9-5-3-2-4-6-9/h2-6,8H,7H2,1H3. The van der Waals surface area contributed by atoms with Gasteiger partial charge in [-0.2, -0.15) is 0 Å². The maximum Gasteiger partial charge on any atom is 0.522 e. The maximum atomic E-state index is 11.8. The Balaban J connectivity index is 2.46. The van der Waals surface area contributed by atoms with E-state index in [0.717, 1.165) is 5.56 Å². The fourth-order valence-corrected chi connectivity index (χ4v) is 1.22. The van der Waals surface area contributed by atoms with Crippen molar-refractivity contribution < 1.29 is 17.9 Å². The first kappa shape index (κ1) is 11.0. The lowest BCUT2D eigenvalue weighted by Crippen LogP contribution is -2.22. The summed E-state index contributed by atoms with van der Waals surface area (Å²) in [4.78, 5) is 0. The van der Waals surface area contributed by atoms with Gasteiger partial charge in [-0.15, -0.1) is 13.2 Å². The number of ether oxygens (including phenoxy) is 1. The third-order valence-electron chi connectivity index (χ3n) is 1.70. The summed E-state index contributed by atoms with van der Waals surface area (Å²) < 4.78 is 39.2. The lowest BCUT2D eigenvalue weighted by molar-refractivity contribution is -0.340. The van der Waals surface area contributed by atoms with Crippen LogP contribution in [0.5, 0.6) is 0 Å². The predicted molar refractivity (Wildman–Crippen MR) is 46.7 cm³/mol. The van der Waals surface area contributed by atoms with E-state index in [9.17, 15) is 13.2 Å². The summed E-state index contributed by atoms with van der Waals surface area (Å²) in [6, 6.07) is 8.94. The molecule has 0 heterocycles. The van der Waals surface area contributed by atoms with Gasteiger partial charge in [0.25, 0.3) is 0 Å². The number of halogens is 3. The second kappa shape index (κ2) is 4.46. The van der Waals surface area contributed by atoms with Gasteiger partial charge in [-0.05, 0) is 18.9 Å². The van der Waals surface area contributed by atoms with E-state index in [1.165, 1.54) is 6.92 Å². The lowest BCUT2D eigenvalue weighted by atomic mass is 10.1. The number of rotatable bonds is 3. The van der Waals surface area contributed by atoms with Crippen molar-refractivity contribution in [3.63, 3.8) is 0 Å². The van der Waals surface area contributed by atoms with Crippen LogP contribution in [0.2, 0.25) is 0 Å². The molecular weight excluding hydrogens is 193 g/mol. The van der Waals surface area contributed by atoms with Crippen molar-refractivity contribution in [1.82, 2.24) is 0 Å². The quantitative estimate of drug-likeness (QED) is 0.734. The first-order chi connectivity index (χ1) is 6.47. The molecule has 1 aromatic carbocycles. The highest BCUT2D eigenvalue weighted by Gasteiger charge is 2.31. The Bertz CT molecular complexity index is 268. The van der Waals surface area contributed by atoms with E-state index in [0.29, 0.717) is 0 Å². The molecule has 0 saturated heterocycles. The molecule has 78 valence electrons. The van der Waals surface area contributed by atoms with Crippen LogP contribution in [0.3, 0.4) is 0 Å². The summed E-state index contributed by atoms with van der Waals surface area (Å²) in [7, 11) is 0. The van der Waals surface area contributed by atoms with Crippen LogP contribution in [-0.2, 0) is 11.2 Å². The number of hydrogen-bond donors (Lipinski definition) is 0. The van der Waals surface area contributed by atoms with Gasteiger partial charge in [-0.3, -0.25) is 4.74 Å². The molecule has 14 heavy (non-hydrogen) atoms. The van der Waals surface area contributed by atoms with Crippen molar-refractivity contribution >= 4 is 0 Å².